The zero-order valence-electron chi connectivity index (χ0n) is 16.7. The maximum absolute atomic E-state index is 5.07. The molecule has 138 valence electrons. The first-order valence-electron chi connectivity index (χ1n) is 10.0. The van der Waals surface area contributed by atoms with Gasteiger partial charge in [-0.15, -0.1) is 0 Å². The van der Waals surface area contributed by atoms with Gasteiger partial charge in [0, 0.05) is 22.0 Å². The van der Waals surface area contributed by atoms with Gasteiger partial charge in [-0.3, -0.25) is 4.98 Å². The smallest absolute Gasteiger partial charge is 0.0722 e. The van der Waals surface area contributed by atoms with Crippen LogP contribution in [-0.4, -0.2) is 9.97 Å². The van der Waals surface area contributed by atoms with Gasteiger partial charge in [-0.25, -0.2) is 4.98 Å². The molecule has 0 aliphatic heterocycles. The Hall–Kier alpha value is -3.52. The molecule has 0 bridgehead atoms. The number of benzene rings is 4. The number of hydrogen-bond acceptors (Lipinski definition) is 2. The van der Waals surface area contributed by atoms with Gasteiger partial charge in [0.25, 0.3) is 0 Å². The van der Waals surface area contributed by atoms with Crippen LogP contribution in [0.25, 0.3) is 54.6 Å². The summed E-state index contributed by atoms with van der Waals surface area (Å²) in [6.45, 7) is 6.36. The standard InChI is InChI=1S/C27H20N2/c1-15-10-16(2)12-18(11-15)25-14-22-21-13-17(3)28-23-8-4-6-19(26(21)23)20-7-5-9-24(29-25)27(20)22/h4-14H,1-3H3. The number of fused-ring (bicyclic) bond motifs is 2. The first-order chi connectivity index (χ1) is 14.1. The summed E-state index contributed by atoms with van der Waals surface area (Å²) in [6, 6.07) is 24.0. The van der Waals surface area contributed by atoms with E-state index in [2.05, 4.69) is 87.5 Å². The predicted octanol–water partition coefficient (Wildman–Crippen LogP) is 7.12. The van der Waals surface area contributed by atoms with E-state index in [1.807, 2.05) is 0 Å². The van der Waals surface area contributed by atoms with Crippen LogP contribution >= 0.6 is 0 Å². The lowest BCUT2D eigenvalue weighted by Gasteiger charge is -2.15. The maximum atomic E-state index is 5.07. The highest BCUT2D eigenvalue weighted by molar-refractivity contribution is 6.32. The molecule has 4 aromatic carbocycles. The summed E-state index contributed by atoms with van der Waals surface area (Å²) < 4.78 is 0. The van der Waals surface area contributed by atoms with E-state index in [9.17, 15) is 0 Å². The molecule has 29 heavy (non-hydrogen) atoms. The Bertz CT molecular complexity index is 1560. The third-order valence-electron chi connectivity index (χ3n) is 5.89. The lowest BCUT2D eigenvalue weighted by molar-refractivity contribution is 1.27. The minimum atomic E-state index is 1.03. The number of hydrogen-bond donors (Lipinski definition) is 0. The first-order valence-corrected chi connectivity index (χ1v) is 10.0. The monoisotopic (exact) mass is 372 g/mol. The summed E-state index contributed by atoms with van der Waals surface area (Å²) in [5.74, 6) is 0. The van der Waals surface area contributed by atoms with E-state index < -0.39 is 0 Å². The predicted molar refractivity (Wildman–Crippen MR) is 123 cm³/mol. The van der Waals surface area contributed by atoms with Gasteiger partial charge >= 0.3 is 0 Å². The van der Waals surface area contributed by atoms with Crippen molar-refractivity contribution in [2.24, 2.45) is 0 Å². The molecule has 0 fully saturated rings. The Morgan fingerprint density at radius 3 is 1.79 bits per heavy atom. The van der Waals surface area contributed by atoms with Crippen LogP contribution in [0.5, 0.6) is 0 Å². The third kappa shape index (κ3) is 2.35. The molecule has 0 amide bonds. The highest BCUT2D eigenvalue weighted by Gasteiger charge is 2.16. The molecule has 2 nitrogen and oxygen atoms in total. The van der Waals surface area contributed by atoms with Gasteiger partial charge in [0.05, 0.1) is 16.7 Å². The Morgan fingerprint density at radius 2 is 1.14 bits per heavy atom. The topological polar surface area (TPSA) is 25.8 Å². The molecular formula is C27H20N2. The van der Waals surface area contributed by atoms with Crippen LogP contribution in [0, 0.1) is 20.8 Å². The van der Waals surface area contributed by atoms with Gasteiger partial charge in [0.1, 0.15) is 0 Å². The minimum absolute atomic E-state index is 1.03. The second-order valence-electron chi connectivity index (χ2n) is 8.14. The number of aryl methyl sites for hydroxylation is 3. The molecule has 0 spiro atoms. The molecule has 2 aromatic heterocycles. The molecule has 0 aliphatic rings. The lowest BCUT2D eigenvalue weighted by atomic mass is 9.91. The summed E-state index contributed by atoms with van der Waals surface area (Å²) in [4.78, 5) is 9.88. The van der Waals surface area contributed by atoms with Crippen molar-refractivity contribution < 1.29 is 0 Å². The summed E-state index contributed by atoms with van der Waals surface area (Å²) >= 11 is 0. The van der Waals surface area contributed by atoms with Crippen molar-refractivity contribution in [2.45, 2.75) is 20.8 Å². The average Bonchev–Trinajstić information content (AvgIpc) is 2.70. The van der Waals surface area contributed by atoms with Crippen LogP contribution in [0.2, 0.25) is 0 Å². The summed E-state index contributed by atoms with van der Waals surface area (Å²) in [6.07, 6.45) is 0. The van der Waals surface area contributed by atoms with Gasteiger partial charge < -0.3 is 0 Å². The Kier molecular flexibility index (Phi) is 3.25. The normalized spacial score (nSPS) is 12.0. The van der Waals surface area contributed by atoms with E-state index in [1.165, 1.54) is 49.0 Å². The molecule has 0 saturated heterocycles. The van der Waals surface area contributed by atoms with E-state index in [0.717, 1.165) is 22.4 Å². The van der Waals surface area contributed by atoms with Gasteiger partial charge in [0.15, 0.2) is 0 Å². The average molecular weight is 372 g/mol. The zero-order chi connectivity index (χ0) is 19.7. The van der Waals surface area contributed by atoms with Crippen molar-refractivity contribution in [1.82, 2.24) is 9.97 Å². The molecule has 6 rings (SSSR count). The Labute approximate surface area is 169 Å². The molecular weight excluding hydrogens is 352 g/mol. The molecule has 0 unspecified atom stereocenters. The number of rotatable bonds is 1. The Morgan fingerprint density at radius 1 is 0.552 bits per heavy atom. The second-order valence-corrected chi connectivity index (χ2v) is 8.14. The van der Waals surface area contributed by atoms with Crippen molar-refractivity contribution in [3.05, 3.63) is 83.6 Å². The van der Waals surface area contributed by atoms with Crippen molar-refractivity contribution in [1.29, 1.82) is 0 Å². The van der Waals surface area contributed by atoms with Crippen molar-refractivity contribution >= 4 is 43.4 Å². The van der Waals surface area contributed by atoms with Crippen LogP contribution in [-0.2, 0) is 0 Å². The van der Waals surface area contributed by atoms with E-state index in [-0.39, 0.29) is 0 Å². The molecule has 2 heteroatoms. The molecule has 6 aromatic rings. The summed E-state index contributed by atoms with van der Waals surface area (Å²) in [5.41, 5.74) is 7.87. The molecule has 0 aliphatic carbocycles. The summed E-state index contributed by atoms with van der Waals surface area (Å²) in [7, 11) is 0. The lowest BCUT2D eigenvalue weighted by Crippen LogP contribution is -1.94. The van der Waals surface area contributed by atoms with Crippen LogP contribution in [0.3, 0.4) is 0 Å². The number of aromatic nitrogens is 2. The van der Waals surface area contributed by atoms with Crippen LogP contribution in [0.1, 0.15) is 16.8 Å². The van der Waals surface area contributed by atoms with Crippen LogP contribution in [0.15, 0.2) is 66.7 Å². The highest BCUT2D eigenvalue weighted by atomic mass is 14.7. The fraction of sp³-hybridized carbons (Fsp3) is 0.111. The van der Waals surface area contributed by atoms with Crippen molar-refractivity contribution in [3.8, 4) is 11.3 Å². The third-order valence-corrected chi connectivity index (χ3v) is 5.89. The largest absolute Gasteiger partial charge is 0.253 e. The Balaban J connectivity index is 1.86. The molecule has 0 radical (unpaired) electrons. The molecule has 0 atom stereocenters. The fourth-order valence-corrected chi connectivity index (χ4v) is 4.85. The van der Waals surface area contributed by atoms with E-state index in [0.29, 0.717) is 0 Å². The van der Waals surface area contributed by atoms with Gasteiger partial charge in [-0.1, -0.05) is 41.5 Å². The molecule has 2 heterocycles. The van der Waals surface area contributed by atoms with E-state index in [4.69, 9.17) is 9.97 Å². The van der Waals surface area contributed by atoms with Gasteiger partial charge in [-0.05, 0) is 78.7 Å². The fourth-order valence-electron chi connectivity index (χ4n) is 4.85. The van der Waals surface area contributed by atoms with Crippen molar-refractivity contribution in [2.75, 3.05) is 0 Å². The molecule has 0 N–H and O–H groups in total. The first kappa shape index (κ1) is 16.4. The van der Waals surface area contributed by atoms with E-state index in [1.54, 1.807) is 0 Å². The molecule has 0 saturated carbocycles. The SMILES string of the molecule is Cc1cc(C)cc(-c2cc3c4cc(C)nc5cccc(c6cccc(n2)c63)c54)c1. The van der Waals surface area contributed by atoms with Crippen molar-refractivity contribution in [3.63, 3.8) is 0 Å². The number of pyridine rings is 2. The quantitative estimate of drug-likeness (QED) is 0.227. The van der Waals surface area contributed by atoms with Crippen LogP contribution in [0.4, 0.5) is 0 Å². The van der Waals surface area contributed by atoms with E-state index >= 15 is 0 Å². The van der Waals surface area contributed by atoms with Gasteiger partial charge in [-0.2, -0.15) is 0 Å². The number of nitrogens with zero attached hydrogens (tertiary/aromatic N) is 2. The minimum Gasteiger partial charge on any atom is -0.253 e. The highest BCUT2D eigenvalue weighted by Crippen LogP contribution is 2.40. The van der Waals surface area contributed by atoms with Crippen LogP contribution < -0.4 is 0 Å². The zero-order valence-corrected chi connectivity index (χ0v) is 16.7. The van der Waals surface area contributed by atoms with Gasteiger partial charge in [0.2, 0.25) is 0 Å². The summed E-state index contributed by atoms with van der Waals surface area (Å²) in [5, 5.41) is 7.51. The second kappa shape index (κ2) is 5.74. The maximum Gasteiger partial charge on any atom is 0.0722 e.